The molecule has 1 saturated heterocycles. The normalized spacial score (nSPS) is 22.1. The minimum atomic E-state index is -1.21. The van der Waals surface area contributed by atoms with Gasteiger partial charge >= 0.3 is 51.4 Å². The second-order valence-corrected chi connectivity index (χ2v) is 5.33. The molecule has 0 unspecified atom stereocenters. The molecule has 0 aromatic rings. The van der Waals surface area contributed by atoms with E-state index < -0.39 is 5.97 Å². The molecule has 0 spiro atoms. The molecule has 1 atom stereocenters. The fourth-order valence-electron chi connectivity index (χ4n) is 2.03. The van der Waals surface area contributed by atoms with Crippen molar-refractivity contribution in [3.63, 3.8) is 0 Å². The molecule has 1 fully saturated rings. The van der Waals surface area contributed by atoms with E-state index in [1.807, 2.05) is 0 Å². The number of thioether (sulfide) groups is 1. The zero-order valence-electron chi connectivity index (χ0n) is 10.2. The molecule has 0 aromatic heterocycles. The molecule has 2 rings (SSSR count). The fourth-order valence-corrected chi connectivity index (χ4v) is 3.47. The molecule has 0 bridgehead atoms. The van der Waals surface area contributed by atoms with Gasteiger partial charge in [-0.3, -0.25) is 9.69 Å². The molecular weight excluding hydrogens is 265 g/mol. The van der Waals surface area contributed by atoms with E-state index in [9.17, 15) is 14.7 Å². The van der Waals surface area contributed by atoms with Crippen molar-refractivity contribution in [1.82, 2.24) is 4.90 Å². The monoisotopic (exact) mass is 279 g/mol. The number of rotatable bonds is 5. The maximum absolute atomic E-state index is 11.3. The van der Waals surface area contributed by atoms with E-state index >= 15 is 0 Å². The Morgan fingerprint density at radius 3 is 2.76 bits per heavy atom. The third-order valence-corrected chi connectivity index (χ3v) is 4.22. The van der Waals surface area contributed by atoms with Crippen molar-refractivity contribution in [3.05, 3.63) is 10.6 Å². The van der Waals surface area contributed by atoms with Crippen LogP contribution in [0.1, 0.15) is 39.0 Å². The molecule has 1 amide bonds. The number of carbonyl (C=O) groups excluding carboxylic acids is 2. The Bertz CT molecular complexity index is 370. The van der Waals surface area contributed by atoms with Gasteiger partial charge in [-0.1, -0.05) is 19.8 Å². The Morgan fingerprint density at radius 2 is 2.24 bits per heavy atom. The molecule has 0 radical (unpaired) electrons. The summed E-state index contributed by atoms with van der Waals surface area (Å²) in [6.07, 6.45) is 4.37. The summed E-state index contributed by atoms with van der Waals surface area (Å²) in [5, 5.41) is 11.0. The van der Waals surface area contributed by atoms with Crippen molar-refractivity contribution in [2.24, 2.45) is 0 Å². The number of allylic oxidation sites excluding steroid dienone is 1. The zero-order chi connectivity index (χ0) is 11.7. The van der Waals surface area contributed by atoms with Gasteiger partial charge in [-0.2, -0.15) is 0 Å². The Morgan fingerprint density at radius 1 is 1.53 bits per heavy atom. The van der Waals surface area contributed by atoms with Crippen molar-refractivity contribution in [1.29, 1.82) is 0 Å². The van der Waals surface area contributed by atoms with Crippen LogP contribution >= 0.6 is 11.8 Å². The molecule has 0 aromatic carbocycles. The molecule has 6 heteroatoms. The van der Waals surface area contributed by atoms with Crippen LogP contribution in [0.5, 0.6) is 0 Å². The number of unbranched alkanes of at least 4 members (excludes halogenated alkanes) is 2. The van der Waals surface area contributed by atoms with E-state index in [0.29, 0.717) is 6.42 Å². The van der Waals surface area contributed by atoms with E-state index in [2.05, 4.69) is 6.92 Å². The van der Waals surface area contributed by atoms with Crippen LogP contribution in [0.15, 0.2) is 10.6 Å². The van der Waals surface area contributed by atoms with Crippen LogP contribution in [0.4, 0.5) is 0 Å². The van der Waals surface area contributed by atoms with Crippen LogP contribution in [0, 0.1) is 0 Å². The molecule has 4 nitrogen and oxygen atoms in total. The molecular formula is C11H14KNO3S. The fraction of sp³-hybridized carbons (Fsp3) is 0.636. The van der Waals surface area contributed by atoms with Gasteiger partial charge in [0.15, 0.2) is 0 Å². The van der Waals surface area contributed by atoms with Crippen molar-refractivity contribution in [3.8, 4) is 0 Å². The van der Waals surface area contributed by atoms with Gasteiger partial charge in [-0.15, -0.1) is 11.8 Å². The zero-order valence-corrected chi connectivity index (χ0v) is 14.1. The first kappa shape index (κ1) is 15.7. The largest absolute Gasteiger partial charge is 1.00 e. The Kier molecular flexibility index (Phi) is 6.22. The van der Waals surface area contributed by atoms with Crippen LogP contribution in [0.25, 0.3) is 0 Å². The number of carboxylic acids is 1. The molecule has 88 valence electrons. The second kappa shape index (κ2) is 6.72. The molecule has 0 N–H and O–H groups in total. The summed E-state index contributed by atoms with van der Waals surface area (Å²) >= 11 is 1.51. The predicted molar refractivity (Wildman–Crippen MR) is 59.0 cm³/mol. The van der Waals surface area contributed by atoms with Crippen LogP contribution in [0.2, 0.25) is 0 Å². The maximum Gasteiger partial charge on any atom is 1.00 e. The summed E-state index contributed by atoms with van der Waals surface area (Å²) in [4.78, 5) is 24.5. The standard InChI is InChI=1S/C11H15NO3S.K/c1-2-3-4-5-7-10(11(14)15)12-8(13)6-9(12)16-7;/h9H,2-6H2,1H3,(H,14,15);/q;+1/p-1/t9-;/m1./s1. The third kappa shape index (κ3) is 3.16. The molecule has 2 aliphatic rings. The number of fused-ring (bicyclic) bond motifs is 1. The van der Waals surface area contributed by atoms with Crippen LogP contribution < -0.4 is 56.5 Å². The van der Waals surface area contributed by atoms with Crippen LogP contribution in [0.3, 0.4) is 0 Å². The van der Waals surface area contributed by atoms with Crippen molar-refractivity contribution < 1.29 is 66.1 Å². The van der Waals surface area contributed by atoms with Crippen LogP contribution in [-0.4, -0.2) is 22.2 Å². The smallest absolute Gasteiger partial charge is 0.543 e. The Labute approximate surface area is 148 Å². The van der Waals surface area contributed by atoms with Crippen LogP contribution in [-0.2, 0) is 9.59 Å². The molecule has 0 saturated carbocycles. The third-order valence-electron chi connectivity index (χ3n) is 2.89. The van der Waals surface area contributed by atoms with E-state index in [-0.39, 0.29) is 68.4 Å². The van der Waals surface area contributed by atoms with Crippen molar-refractivity contribution in [2.45, 2.75) is 44.4 Å². The Balaban J connectivity index is 0.00000144. The SMILES string of the molecule is CCCCCC1=C(C(=O)[O-])N2C(=O)C[C@H]2S1.[K+]. The van der Waals surface area contributed by atoms with E-state index in [1.165, 1.54) is 16.7 Å². The van der Waals surface area contributed by atoms with Gasteiger partial charge in [0.25, 0.3) is 0 Å². The van der Waals surface area contributed by atoms with Gasteiger partial charge in [-0.05, 0) is 12.8 Å². The first-order valence-electron chi connectivity index (χ1n) is 5.58. The Hall–Kier alpha value is 0.666. The van der Waals surface area contributed by atoms with Gasteiger partial charge in [-0.25, -0.2) is 0 Å². The second-order valence-electron chi connectivity index (χ2n) is 4.06. The minimum absolute atomic E-state index is 0. The topological polar surface area (TPSA) is 60.4 Å². The summed E-state index contributed by atoms with van der Waals surface area (Å²) in [5.41, 5.74) is 0.127. The first-order valence-corrected chi connectivity index (χ1v) is 6.46. The number of carbonyl (C=O) groups is 2. The van der Waals surface area contributed by atoms with Gasteiger partial charge in [0.2, 0.25) is 5.91 Å². The van der Waals surface area contributed by atoms with Gasteiger partial charge in [0.05, 0.1) is 23.5 Å². The maximum atomic E-state index is 11.3. The average Bonchev–Trinajstić information content (AvgIpc) is 2.52. The first-order chi connectivity index (χ1) is 7.65. The van der Waals surface area contributed by atoms with Crippen molar-refractivity contribution in [2.75, 3.05) is 0 Å². The number of hydrogen-bond donors (Lipinski definition) is 0. The number of nitrogens with zero attached hydrogens (tertiary/aromatic N) is 1. The summed E-state index contributed by atoms with van der Waals surface area (Å²) < 4.78 is 0. The van der Waals surface area contributed by atoms with Gasteiger partial charge in [0.1, 0.15) is 0 Å². The summed E-state index contributed by atoms with van der Waals surface area (Å²) in [6, 6.07) is 0. The molecule has 17 heavy (non-hydrogen) atoms. The van der Waals surface area contributed by atoms with E-state index in [4.69, 9.17) is 0 Å². The summed E-state index contributed by atoms with van der Waals surface area (Å²) in [5.74, 6) is -1.31. The molecule has 2 heterocycles. The number of amides is 1. The number of β-lactam (4-membered cyclic amide) rings is 1. The molecule has 0 aliphatic carbocycles. The predicted octanol–water partition coefficient (Wildman–Crippen LogP) is -2.16. The summed E-state index contributed by atoms with van der Waals surface area (Å²) in [6.45, 7) is 2.10. The average molecular weight is 279 g/mol. The van der Waals surface area contributed by atoms with Gasteiger partial charge < -0.3 is 9.90 Å². The van der Waals surface area contributed by atoms with E-state index in [1.54, 1.807) is 0 Å². The quantitative estimate of drug-likeness (QED) is 0.327. The number of hydrogen-bond acceptors (Lipinski definition) is 4. The number of aliphatic carboxylic acids is 1. The molecule has 2 aliphatic heterocycles. The number of carboxylic acid groups (broad SMARTS) is 1. The van der Waals surface area contributed by atoms with Gasteiger partial charge in [0, 0.05) is 4.91 Å². The summed E-state index contributed by atoms with van der Waals surface area (Å²) in [7, 11) is 0. The van der Waals surface area contributed by atoms with E-state index in [0.717, 1.165) is 30.6 Å². The minimum Gasteiger partial charge on any atom is -0.543 e. The van der Waals surface area contributed by atoms with Crippen molar-refractivity contribution >= 4 is 23.6 Å².